The van der Waals surface area contributed by atoms with E-state index in [0.717, 1.165) is 25.9 Å². The van der Waals surface area contributed by atoms with E-state index in [9.17, 15) is 8.42 Å². The van der Waals surface area contributed by atoms with Crippen molar-refractivity contribution in [3.05, 3.63) is 5.82 Å². The second kappa shape index (κ2) is 5.54. The van der Waals surface area contributed by atoms with Crippen LogP contribution in [-0.4, -0.2) is 35.9 Å². The molecule has 18 heavy (non-hydrogen) atoms. The summed E-state index contributed by atoms with van der Waals surface area (Å²) in [6.07, 6.45) is 3.86. The summed E-state index contributed by atoms with van der Waals surface area (Å²) in [4.78, 5) is 0. The smallest absolute Gasteiger partial charge is 0.296 e. The third kappa shape index (κ3) is 3.02. The molecule has 102 valence electrons. The standard InChI is InChI=1S/C10H16ClN3O3S/c1-2-14-9(7-8-5-3-4-6-17-8)12-13-10(14)18(11,15)16/h8H,2-7H2,1H3. The Kier molecular flexibility index (Phi) is 4.24. The molecule has 1 aliphatic rings. The summed E-state index contributed by atoms with van der Waals surface area (Å²) in [6, 6.07) is 0. The van der Waals surface area contributed by atoms with Crippen molar-refractivity contribution in [1.82, 2.24) is 14.8 Å². The van der Waals surface area contributed by atoms with Crippen molar-refractivity contribution in [3.8, 4) is 0 Å². The SMILES string of the molecule is CCn1c(CC2CCCCO2)nnc1S(=O)(=O)Cl. The molecule has 8 heteroatoms. The van der Waals surface area contributed by atoms with E-state index in [1.165, 1.54) is 4.57 Å². The van der Waals surface area contributed by atoms with Crippen LogP contribution in [0.15, 0.2) is 5.16 Å². The highest BCUT2D eigenvalue weighted by Gasteiger charge is 2.24. The molecular weight excluding hydrogens is 278 g/mol. The van der Waals surface area contributed by atoms with Crippen LogP contribution in [0.2, 0.25) is 0 Å². The van der Waals surface area contributed by atoms with Gasteiger partial charge in [0.1, 0.15) is 5.82 Å². The molecule has 1 saturated heterocycles. The van der Waals surface area contributed by atoms with E-state index in [1.807, 2.05) is 6.92 Å². The Balaban J connectivity index is 2.20. The van der Waals surface area contributed by atoms with Crippen LogP contribution in [0.5, 0.6) is 0 Å². The van der Waals surface area contributed by atoms with Crippen LogP contribution in [-0.2, 0) is 26.8 Å². The molecule has 1 fully saturated rings. The Morgan fingerprint density at radius 2 is 2.22 bits per heavy atom. The van der Waals surface area contributed by atoms with Crippen molar-refractivity contribution in [3.63, 3.8) is 0 Å². The number of rotatable bonds is 4. The minimum Gasteiger partial charge on any atom is -0.378 e. The van der Waals surface area contributed by atoms with Crippen LogP contribution in [0.25, 0.3) is 0 Å². The van der Waals surface area contributed by atoms with Crippen molar-refractivity contribution >= 4 is 19.7 Å². The van der Waals surface area contributed by atoms with Crippen molar-refractivity contribution in [2.45, 2.75) is 50.4 Å². The minimum atomic E-state index is -3.84. The molecule has 2 rings (SSSR count). The molecule has 0 aliphatic carbocycles. The molecule has 1 atom stereocenters. The van der Waals surface area contributed by atoms with E-state index in [2.05, 4.69) is 10.2 Å². The lowest BCUT2D eigenvalue weighted by Gasteiger charge is -2.22. The quantitative estimate of drug-likeness (QED) is 0.783. The Labute approximate surface area is 111 Å². The van der Waals surface area contributed by atoms with E-state index in [1.54, 1.807) is 0 Å². The first kappa shape index (κ1) is 13.8. The van der Waals surface area contributed by atoms with E-state index >= 15 is 0 Å². The maximum absolute atomic E-state index is 11.3. The van der Waals surface area contributed by atoms with Crippen LogP contribution in [0.4, 0.5) is 0 Å². The second-order valence-corrected chi connectivity index (χ2v) is 6.73. The molecule has 0 radical (unpaired) electrons. The molecule has 0 spiro atoms. The molecule has 1 unspecified atom stereocenters. The van der Waals surface area contributed by atoms with Crippen molar-refractivity contribution in [2.24, 2.45) is 0 Å². The molecule has 0 bridgehead atoms. The molecule has 2 heterocycles. The monoisotopic (exact) mass is 293 g/mol. The van der Waals surface area contributed by atoms with Gasteiger partial charge >= 0.3 is 0 Å². The molecule has 6 nitrogen and oxygen atoms in total. The van der Waals surface area contributed by atoms with Crippen molar-refractivity contribution in [2.75, 3.05) is 6.61 Å². The fraction of sp³-hybridized carbons (Fsp3) is 0.800. The van der Waals surface area contributed by atoms with Gasteiger partial charge in [-0.1, -0.05) is 0 Å². The lowest BCUT2D eigenvalue weighted by Crippen LogP contribution is -2.23. The second-order valence-electron chi connectivity index (χ2n) is 4.27. The Morgan fingerprint density at radius 1 is 1.44 bits per heavy atom. The Morgan fingerprint density at radius 3 is 2.78 bits per heavy atom. The Hall–Kier alpha value is -0.660. The van der Waals surface area contributed by atoms with Gasteiger partial charge in [-0.25, -0.2) is 8.42 Å². The van der Waals surface area contributed by atoms with E-state index < -0.39 is 9.05 Å². The molecule has 0 N–H and O–H groups in total. The highest BCUT2D eigenvalue weighted by atomic mass is 35.7. The zero-order valence-corrected chi connectivity index (χ0v) is 11.7. The summed E-state index contributed by atoms with van der Waals surface area (Å²) in [7, 11) is 1.47. The third-order valence-corrected chi connectivity index (χ3v) is 4.16. The summed E-state index contributed by atoms with van der Waals surface area (Å²) in [5.74, 6) is 0.614. The van der Waals surface area contributed by atoms with Gasteiger partial charge < -0.3 is 9.30 Å². The van der Waals surface area contributed by atoms with Crippen molar-refractivity contribution in [1.29, 1.82) is 0 Å². The maximum Gasteiger partial charge on any atom is 0.296 e. The number of aromatic nitrogens is 3. The summed E-state index contributed by atoms with van der Waals surface area (Å²) >= 11 is 0. The largest absolute Gasteiger partial charge is 0.378 e. The lowest BCUT2D eigenvalue weighted by molar-refractivity contribution is 0.0151. The van der Waals surface area contributed by atoms with E-state index in [4.69, 9.17) is 15.4 Å². The van der Waals surface area contributed by atoms with E-state index in [0.29, 0.717) is 18.8 Å². The summed E-state index contributed by atoms with van der Waals surface area (Å²) < 4.78 is 29.8. The first-order chi connectivity index (χ1) is 8.52. The molecule has 1 aliphatic heterocycles. The van der Waals surface area contributed by atoms with Crippen LogP contribution in [0, 0.1) is 0 Å². The predicted molar refractivity (Wildman–Crippen MR) is 66.0 cm³/mol. The number of ether oxygens (including phenoxy) is 1. The number of hydrogen-bond donors (Lipinski definition) is 0. The number of halogens is 1. The first-order valence-electron chi connectivity index (χ1n) is 6.00. The Bertz CT molecular complexity index is 508. The van der Waals surface area contributed by atoms with Gasteiger partial charge in [0.25, 0.3) is 14.2 Å². The van der Waals surface area contributed by atoms with Crippen LogP contribution in [0.3, 0.4) is 0 Å². The van der Waals surface area contributed by atoms with Gasteiger partial charge in [-0.2, -0.15) is 0 Å². The van der Waals surface area contributed by atoms with Crippen molar-refractivity contribution < 1.29 is 13.2 Å². The predicted octanol–water partition coefficient (Wildman–Crippen LogP) is 1.34. The van der Waals surface area contributed by atoms with Gasteiger partial charge in [-0.3, -0.25) is 0 Å². The molecule has 0 aromatic carbocycles. The highest BCUT2D eigenvalue weighted by Crippen LogP contribution is 2.19. The highest BCUT2D eigenvalue weighted by molar-refractivity contribution is 8.13. The van der Waals surface area contributed by atoms with E-state index in [-0.39, 0.29) is 11.3 Å². The number of nitrogens with zero attached hydrogens (tertiary/aromatic N) is 3. The zero-order valence-electron chi connectivity index (χ0n) is 10.2. The zero-order chi connectivity index (χ0) is 13.2. The molecule has 0 saturated carbocycles. The fourth-order valence-corrected chi connectivity index (χ4v) is 3.12. The average Bonchev–Trinajstić information content (AvgIpc) is 2.73. The van der Waals surface area contributed by atoms with Gasteiger partial charge in [0, 0.05) is 30.3 Å². The van der Waals surface area contributed by atoms with Crippen LogP contribution in [0.1, 0.15) is 32.0 Å². The first-order valence-corrected chi connectivity index (χ1v) is 8.31. The molecule has 1 aromatic rings. The average molecular weight is 294 g/mol. The molecule has 0 amide bonds. The van der Waals surface area contributed by atoms with Gasteiger partial charge in [-0.05, 0) is 26.2 Å². The molecular formula is C10H16ClN3O3S. The normalized spacial score (nSPS) is 21.1. The van der Waals surface area contributed by atoms with Gasteiger partial charge in [0.05, 0.1) is 6.10 Å². The van der Waals surface area contributed by atoms with Crippen LogP contribution >= 0.6 is 10.7 Å². The molecule has 1 aromatic heterocycles. The summed E-state index contributed by atoms with van der Waals surface area (Å²) in [5, 5.41) is 7.40. The topological polar surface area (TPSA) is 74.1 Å². The lowest BCUT2D eigenvalue weighted by atomic mass is 10.1. The maximum atomic E-state index is 11.3. The minimum absolute atomic E-state index is 0.0964. The van der Waals surface area contributed by atoms with Crippen LogP contribution < -0.4 is 0 Å². The van der Waals surface area contributed by atoms with Gasteiger partial charge in [0.15, 0.2) is 0 Å². The van der Waals surface area contributed by atoms with Gasteiger partial charge in [0.2, 0.25) is 0 Å². The van der Waals surface area contributed by atoms with Gasteiger partial charge in [-0.15, -0.1) is 10.2 Å². The summed E-state index contributed by atoms with van der Waals surface area (Å²) in [6.45, 7) is 3.06. The number of hydrogen-bond acceptors (Lipinski definition) is 5. The third-order valence-electron chi connectivity index (χ3n) is 3.01. The summed E-state index contributed by atoms with van der Waals surface area (Å²) in [5.41, 5.74) is 0. The fourth-order valence-electron chi connectivity index (χ4n) is 2.14.